The SMILES string of the molecule is CSc1ccccc1Nc1cc(-c2ccccn2)nc(NC(C)(C)C)n1. The Kier molecular flexibility index (Phi) is 5.42. The second-order valence-electron chi connectivity index (χ2n) is 6.88. The molecule has 0 amide bonds. The van der Waals surface area contributed by atoms with Crippen molar-refractivity contribution in [2.24, 2.45) is 0 Å². The number of rotatable bonds is 5. The lowest BCUT2D eigenvalue weighted by Gasteiger charge is -2.21. The normalized spacial score (nSPS) is 11.2. The van der Waals surface area contributed by atoms with Crippen LogP contribution in [0.4, 0.5) is 17.5 Å². The average molecular weight is 366 g/mol. The van der Waals surface area contributed by atoms with E-state index in [1.165, 1.54) is 0 Å². The molecule has 0 fully saturated rings. The van der Waals surface area contributed by atoms with Crippen LogP contribution in [0.1, 0.15) is 20.8 Å². The molecule has 0 bridgehead atoms. The number of nitrogens with zero attached hydrogens (tertiary/aromatic N) is 3. The first-order chi connectivity index (χ1) is 12.4. The van der Waals surface area contributed by atoms with Crippen LogP contribution in [0.25, 0.3) is 11.4 Å². The molecule has 6 heteroatoms. The van der Waals surface area contributed by atoms with Crippen molar-refractivity contribution in [1.29, 1.82) is 0 Å². The minimum absolute atomic E-state index is 0.142. The minimum Gasteiger partial charge on any atom is -0.350 e. The first-order valence-electron chi connectivity index (χ1n) is 8.43. The molecule has 0 radical (unpaired) electrons. The first kappa shape index (κ1) is 18.2. The number of aromatic nitrogens is 3. The van der Waals surface area contributed by atoms with Gasteiger partial charge in [-0.3, -0.25) is 4.98 Å². The zero-order valence-electron chi connectivity index (χ0n) is 15.4. The van der Waals surface area contributed by atoms with Crippen molar-refractivity contribution in [3.05, 3.63) is 54.7 Å². The number of hydrogen-bond donors (Lipinski definition) is 2. The van der Waals surface area contributed by atoms with Gasteiger partial charge in [0.05, 0.1) is 17.1 Å². The van der Waals surface area contributed by atoms with Gasteiger partial charge in [0.1, 0.15) is 5.82 Å². The fraction of sp³-hybridized carbons (Fsp3) is 0.250. The number of para-hydroxylation sites is 1. The molecule has 0 aliphatic rings. The highest BCUT2D eigenvalue weighted by molar-refractivity contribution is 7.98. The molecule has 0 unspecified atom stereocenters. The third-order valence-corrected chi connectivity index (χ3v) is 4.31. The van der Waals surface area contributed by atoms with Gasteiger partial charge in [-0.05, 0) is 51.3 Å². The Balaban J connectivity index is 2.02. The van der Waals surface area contributed by atoms with Crippen molar-refractivity contribution < 1.29 is 0 Å². The molecule has 0 saturated heterocycles. The molecule has 0 spiro atoms. The molecule has 134 valence electrons. The molecular formula is C20H23N5S. The summed E-state index contributed by atoms with van der Waals surface area (Å²) in [7, 11) is 0. The van der Waals surface area contributed by atoms with Gasteiger partial charge < -0.3 is 10.6 Å². The second-order valence-corrected chi connectivity index (χ2v) is 7.73. The predicted molar refractivity (Wildman–Crippen MR) is 110 cm³/mol. The number of nitrogens with one attached hydrogen (secondary N) is 2. The molecule has 2 heterocycles. The zero-order chi connectivity index (χ0) is 18.6. The van der Waals surface area contributed by atoms with E-state index < -0.39 is 0 Å². The van der Waals surface area contributed by atoms with E-state index >= 15 is 0 Å². The standard InChI is InChI=1S/C20H23N5S/c1-20(2,3)25-19-23-16(14-9-7-8-12-21-14)13-18(24-19)22-15-10-5-6-11-17(15)26-4/h5-13H,1-4H3,(H2,22,23,24,25). The average Bonchev–Trinajstić information content (AvgIpc) is 2.61. The van der Waals surface area contributed by atoms with Crippen LogP contribution in [0.15, 0.2) is 59.6 Å². The van der Waals surface area contributed by atoms with E-state index in [0.717, 1.165) is 27.8 Å². The lowest BCUT2D eigenvalue weighted by atomic mass is 10.1. The Morgan fingerprint density at radius 2 is 1.69 bits per heavy atom. The van der Waals surface area contributed by atoms with Gasteiger partial charge in [-0.1, -0.05) is 18.2 Å². The van der Waals surface area contributed by atoms with Crippen molar-refractivity contribution in [3.8, 4) is 11.4 Å². The Hall–Kier alpha value is -2.60. The maximum Gasteiger partial charge on any atom is 0.225 e. The van der Waals surface area contributed by atoms with Crippen LogP contribution in [-0.2, 0) is 0 Å². The van der Waals surface area contributed by atoms with E-state index in [-0.39, 0.29) is 5.54 Å². The highest BCUT2D eigenvalue weighted by Gasteiger charge is 2.14. The van der Waals surface area contributed by atoms with E-state index in [4.69, 9.17) is 0 Å². The quantitative estimate of drug-likeness (QED) is 0.605. The molecule has 2 N–H and O–H groups in total. The van der Waals surface area contributed by atoms with Gasteiger partial charge in [-0.25, -0.2) is 4.98 Å². The van der Waals surface area contributed by atoms with Gasteiger partial charge in [-0.2, -0.15) is 4.98 Å². The minimum atomic E-state index is -0.142. The highest BCUT2D eigenvalue weighted by Crippen LogP contribution is 2.29. The Labute approximate surface area is 158 Å². The molecule has 26 heavy (non-hydrogen) atoms. The smallest absolute Gasteiger partial charge is 0.225 e. The summed E-state index contributed by atoms with van der Waals surface area (Å²) in [6.45, 7) is 6.25. The van der Waals surface area contributed by atoms with E-state index in [2.05, 4.69) is 58.7 Å². The monoisotopic (exact) mass is 365 g/mol. The third-order valence-electron chi connectivity index (χ3n) is 3.51. The van der Waals surface area contributed by atoms with Gasteiger partial charge in [0, 0.05) is 22.7 Å². The largest absolute Gasteiger partial charge is 0.350 e. The first-order valence-corrected chi connectivity index (χ1v) is 9.66. The number of pyridine rings is 1. The van der Waals surface area contributed by atoms with E-state index in [9.17, 15) is 0 Å². The highest BCUT2D eigenvalue weighted by atomic mass is 32.2. The van der Waals surface area contributed by atoms with Crippen LogP contribution < -0.4 is 10.6 Å². The maximum absolute atomic E-state index is 4.64. The van der Waals surface area contributed by atoms with Crippen molar-refractivity contribution in [2.75, 3.05) is 16.9 Å². The van der Waals surface area contributed by atoms with Crippen LogP contribution in [0.2, 0.25) is 0 Å². The number of benzene rings is 1. The molecule has 0 saturated carbocycles. The van der Waals surface area contributed by atoms with Crippen LogP contribution in [-0.4, -0.2) is 26.7 Å². The van der Waals surface area contributed by atoms with E-state index in [1.54, 1.807) is 18.0 Å². The number of thioether (sulfide) groups is 1. The van der Waals surface area contributed by atoms with E-state index in [1.807, 2.05) is 42.5 Å². The fourth-order valence-corrected chi connectivity index (χ4v) is 2.99. The fourth-order valence-electron chi connectivity index (χ4n) is 2.43. The summed E-state index contributed by atoms with van der Waals surface area (Å²) < 4.78 is 0. The Morgan fingerprint density at radius 3 is 2.38 bits per heavy atom. The maximum atomic E-state index is 4.64. The Bertz CT molecular complexity index is 875. The molecule has 0 atom stereocenters. The Morgan fingerprint density at radius 1 is 0.923 bits per heavy atom. The number of hydrogen-bond acceptors (Lipinski definition) is 6. The van der Waals surface area contributed by atoms with E-state index in [0.29, 0.717) is 5.95 Å². The predicted octanol–water partition coefficient (Wildman–Crippen LogP) is 5.21. The van der Waals surface area contributed by atoms with Crippen LogP contribution in [0.3, 0.4) is 0 Å². The molecule has 0 aliphatic carbocycles. The summed E-state index contributed by atoms with van der Waals surface area (Å²) in [4.78, 5) is 14.9. The molecule has 5 nitrogen and oxygen atoms in total. The molecule has 3 aromatic rings. The summed E-state index contributed by atoms with van der Waals surface area (Å²) in [5, 5.41) is 6.77. The van der Waals surface area contributed by atoms with Gasteiger partial charge in [0.15, 0.2) is 0 Å². The molecular weight excluding hydrogens is 342 g/mol. The van der Waals surface area contributed by atoms with Crippen molar-refractivity contribution in [3.63, 3.8) is 0 Å². The number of anilines is 3. The third kappa shape index (κ3) is 4.73. The van der Waals surface area contributed by atoms with Crippen molar-refractivity contribution in [2.45, 2.75) is 31.2 Å². The van der Waals surface area contributed by atoms with Crippen LogP contribution >= 0.6 is 11.8 Å². The summed E-state index contributed by atoms with van der Waals surface area (Å²) in [6, 6.07) is 15.9. The topological polar surface area (TPSA) is 62.7 Å². The van der Waals surface area contributed by atoms with Crippen molar-refractivity contribution >= 4 is 29.2 Å². The molecule has 0 aliphatic heterocycles. The lowest BCUT2D eigenvalue weighted by molar-refractivity contribution is 0.626. The van der Waals surface area contributed by atoms with Gasteiger partial charge in [0.25, 0.3) is 0 Å². The van der Waals surface area contributed by atoms with Crippen LogP contribution in [0.5, 0.6) is 0 Å². The second kappa shape index (κ2) is 7.74. The van der Waals surface area contributed by atoms with Gasteiger partial charge >= 0.3 is 0 Å². The molecule has 3 rings (SSSR count). The van der Waals surface area contributed by atoms with Gasteiger partial charge in [-0.15, -0.1) is 11.8 Å². The van der Waals surface area contributed by atoms with Crippen molar-refractivity contribution in [1.82, 2.24) is 15.0 Å². The summed E-state index contributed by atoms with van der Waals surface area (Å²) in [5.41, 5.74) is 2.47. The summed E-state index contributed by atoms with van der Waals surface area (Å²) >= 11 is 1.70. The van der Waals surface area contributed by atoms with Crippen LogP contribution in [0, 0.1) is 0 Å². The van der Waals surface area contributed by atoms with Gasteiger partial charge in [0.2, 0.25) is 5.95 Å². The zero-order valence-corrected chi connectivity index (χ0v) is 16.3. The summed E-state index contributed by atoms with van der Waals surface area (Å²) in [5.74, 6) is 1.30. The molecule has 1 aromatic carbocycles. The molecule has 2 aromatic heterocycles. The summed E-state index contributed by atoms with van der Waals surface area (Å²) in [6.07, 6.45) is 3.83. The lowest BCUT2D eigenvalue weighted by Crippen LogP contribution is -2.27.